The summed E-state index contributed by atoms with van der Waals surface area (Å²) in [5, 5.41) is 7.04. The SMILES string of the molecule is CN=C(NCc1ccc(CN2CCOCC2)cc1)NC1CCC(C)CC1. The quantitative estimate of drug-likeness (QED) is 0.628. The Balaban J connectivity index is 1.43. The van der Waals surface area contributed by atoms with Gasteiger partial charge in [0.05, 0.1) is 13.2 Å². The summed E-state index contributed by atoms with van der Waals surface area (Å²) in [6.07, 6.45) is 5.13. The highest BCUT2D eigenvalue weighted by Gasteiger charge is 2.18. The number of hydrogen-bond donors (Lipinski definition) is 2. The zero-order valence-electron chi connectivity index (χ0n) is 16.3. The Labute approximate surface area is 158 Å². The van der Waals surface area contributed by atoms with Gasteiger partial charge >= 0.3 is 0 Å². The molecule has 0 spiro atoms. The summed E-state index contributed by atoms with van der Waals surface area (Å²) >= 11 is 0. The molecule has 0 radical (unpaired) electrons. The van der Waals surface area contributed by atoms with Gasteiger partial charge in [0.2, 0.25) is 0 Å². The number of nitrogens with one attached hydrogen (secondary N) is 2. The fourth-order valence-corrected chi connectivity index (χ4v) is 3.76. The first-order chi connectivity index (χ1) is 12.7. The Kier molecular flexibility index (Phi) is 7.32. The molecule has 3 rings (SSSR count). The van der Waals surface area contributed by atoms with Crippen molar-refractivity contribution in [3.8, 4) is 0 Å². The van der Waals surface area contributed by atoms with E-state index in [0.29, 0.717) is 6.04 Å². The van der Waals surface area contributed by atoms with Crippen molar-refractivity contribution >= 4 is 5.96 Å². The van der Waals surface area contributed by atoms with Gasteiger partial charge in [-0.25, -0.2) is 0 Å². The molecule has 0 amide bonds. The summed E-state index contributed by atoms with van der Waals surface area (Å²) in [5.74, 6) is 1.79. The highest BCUT2D eigenvalue weighted by atomic mass is 16.5. The number of benzene rings is 1. The van der Waals surface area contributed by atoms with Crippen molar-refractivity contribution in [2.75, 3.05) is 33.4 Å². The highest BCUT2D eigenvalue weighted by Crippen LogP contribution is 2.23. The second-order valence-corrected chi connectivity index (χ2v) is 7.73. The van der Waals surface area contributed by atoms with E-state index in [1.54, 1.807) is 0 Å². The largest absolute Gasteiger partial charge is 0.379 e. The maximum Gasteiger partial charge on any atom is 0.191 e. The smallest absolute Gasteiger partial charge is 0.191 e. The van der Waals surface area contributed by atoms with E-state index >= 15 is 0 Å². The Hall–Kier alpha value is -1.59. The van der Waals surface area contributed by atoms with E-state index in [1.165, 1.54) is 36.8 Å². The lowest BCUT2D eigenvalue weighted by Gasteiger charge is -2.28. The normalized spacial score (nSPS) is 25.1. The molecule has 0 bridgehead atoms. The standard InChI is InChI=1S/C21H34N4O/c1-17-3-9-20(10-4-17)24-21(22-2)23-15-18-5-7-19(8-6-18)16-25-11-13-26-14-12-25/h5-8,17,20H,3-4,9-16H2,1-2H3,(H2,22,23,24). The van der Waals surface area contributed by atoms with Crippen molar-refractivity contribution in [3.05, 3.63) is 35.4 Å². The molecule has 0 unspecified atom stereocenters. The number of guanidine groups is 1. The zero-order valence-corrected chi connectivity index (χ0v) is 16.3. The number of aliphatic imine (C=N–C) groups is 1. The number of ether oxygens (including phenoxy) is 1. The Bertz CT molecular complexity index is 558. The molecule has 0 atom stereocenters. The van der Waals surface area contributed by atoms with Crippen LogP contribution in [0.1, 0.15) is 43.7 Å². The van der Waals surface area contributed by atoms with Gasteiger partial charge in [0, 0.05) is 39.3 Å². The minimum atomic E-state index is 0.563. The van der Waals surface area contributed by atoms with Crippen molar-refractivity contribution in [1.82, 2.24) is 15.5 Å². The summed E-state index contributed by atoms with van der Waals surface area (Å²) in [6, 6.07) is 9.49. The summed E-state index contributed by atoms with van der Waals surface area (Å²) < 4.78 is 5.41. The third-order valence-electron chi connectivity index (χ3n) is 5.57. The molecule has 1 aromatic rings. The molecule has 1 aliphatic heterocycles. The number of rotatable bonds is 5. The Morgan fingerprint density at radius 2 is 1.73 bits per heavy atom. The molecule has 1 aromatic carbocycles. The molecule has 1 heterocycles. The van der Waals surface area contributed by atoms with Gasteiger partial charge in [-0.2, -0.15) is 0 Å². The zero-order chi connectivity index (χ0) is 18.2. The van der Waals surface area contributed by atoms with Crippen molar-refractivity contribution in [3.63, 3.8) is 0 Å². The summed E-state index contributed by atoms with van der Waals surface area (Å²) in [4.78, 5) is 6.84. The van der Waals surface area contributed by atoms with Gasteiger partial charge in [-0.1, -0.05) is 31.2 Å². The molecule has 2 fully saturated rings. The first-order valence-corrected chi connectivity index (χ1v) is 10.1. The molecule has 5 heteroatoms. The molecule has 1 saturated carbocycles. The van der Waals surface area contributed by atoms with E-state index in [-0.39, 0.29) is 0 Å². The second kappa shape index (κ2) is 9.93. The van der Waals surface area contributed by atoms with E-state index in [0.717, 1.165) is 51.3 Å². The lowest BCUT2D eigenvalue weighted by Crippen LogP contribution is -2.44. The van der Waals surface area contributed by atoms with Crippen molar-refractivity contribution < 1.29 is 4.74 Å². The van der Waals surface area contributed by atoms with Crippen LogP contribution >= 0.6 is 0 Å². The fraction of sp³-hybridized carbons (Fsp3) is 0.667. The molecule has 5 nitrogen and oxygen atoms in total. The van der Waals surface area contributed by atoms with Gasteiger partial charge in [-0.3, -0.25) is 9.89 Å². The predicted octanol–water partition coefficient (Wildman–Crippen LogP) is 2.76. The predicted molar refractivity (Wildman–Crippen MR) is 107 cm³/mol. The number of morpholine rings is 1. The topological polar surface area (TPSA) is 48.9 Å². The van der Waals surface area contributed by atoms with Crippen LogP contribution in [0.4, 0.5) is 0 Å². The molecule has 144 valence electrons. The number of nitrogens with zero attached hydrogens (tertiary/aromatic N) is 2. The molecule has 1 aliphatic carbocycles. The van der Waals surface area contributed by atoms with Crippen LogP contribution in [0.5, 0.6) is 0 Å². The van der Waals surface area contributed by atoms with E-state index in [9.17, 15) is 0 Å². The van der Waals surface area contributed by atoms with Gasteiger partial charge in [0.25, 0.3) is 0 Å². The van der Waals surface area contributed by atoms with Gasteiger partial charge < -0.3 is 15.4 Å². The van der Waals surface area contributed by atoms with E-state index in [2.05, 4.69) is 51.7 Å². The lowest BCUT2D eigenvalue weighted by molar-refractivity contribution is 0.0342. The first kappa shape index (κ1) is 19.2. The van der Waals surface area contributed by atoms with Crippen LogP contribution in [0.25, 0.3) is 0 Å². The third-order valence-corrected chi connectivity index (χ3v) is 5.57. The van der Waals surface area contributed by atoms with Crippen LogP contribution in [-0.2, 0) is 17.8 Å². The number of hydrogen-bond acceptors (Lipinski definition) is 3. The molecule has 2 aliphatic rings. The van der Waals surface area contributed by atoms with Crippen LogP contribution in [0, 0.1) is 5.92 Å². The second-order valence-electron chi connectivity index (χ2n) is 7.73. The van der Waals surface area contributed by atoms with E-state index in [4.69, 9.17) is 4.74 Å². The van der Waals surface area contributed by atoms with Crippen LogP contribution < -0.4 is 10.6 Å². The maximum absolute atomic E-state index is 5.41. The van der Waals surface area contributed by atoms with E-state index < -0.39 is 0 Å². The van der Waals surface area contributed by atoms with Gasteiger partial charge in [-0.15, -0.1) is 0 Å². The minimum absolute atomic E-state index is 0.563. The van der Waals surface area contributed by atoms with Crippen LogP contribution in [-0.4, -0.2) is 50.3 Å². The summed E-state index contributed by atoms with van der Waals surface area (Å²) in [6.45, 7) is 7.95. The minimum Gasteiger partial charge on any atom is -0.379 e. The van der Waals surface area contributed by atoms with Crippen LogP contribution in [0.3, 0.4) is 0 Å². The van der Waals surface area contributed by atoms with Crippen LogP contribution in [0.2, 0.25) is 0 Å². The van der Waals surface area contributed by atoms with Gasteiger partial charge in [-0.05, 0) is 42.7 Å². The molecule has 0 aromatic heterocycles. The van der Waals surface area contributed by atoms with Crippen molar-refractivity contribution in [2.24, 2.45) is 10.9 Å². The molecular weight excluding hydrogens is 324 g/mol. The van der Waals surface area contributed by atoms with Crippen molar-refractivity contribution in [1.29, 1.82) is 0 Å². The average molecular weight is 359 g/mol. The Morgan fingerprint density at radius 1 is 1.08 bits per heavy atom. The maximum atomic E-state index is 5.41. The summed E-state index contributed by atoms with van der Waals surface area (Å²) in [5.41, 5.74) is 2.66. The molecule has 2 N–H and O–H groups in total. The first-order valence-electron chi connectivity index (χ1n) is 10.1. The fourth-order valence-electron chi connectivity index (χ4n) is 3.76. The average Bonchev–Trinajstić information content (AvgIpc) is 2.68. The van der Waals surface area contributed by atoms with Crippen LogP contribution in [0.15, 0.2) is 29.3 Å². The van der Waals surface area contributed by atoms with E-state index in [1.807, 2.05) is 7.05 Å². The third kappa shape index (κ3) is 5.99. The van der Waals surface area contributed by atoms with Gasteiger partial charge in [0.1, 0.15) is 0 Å². The molecule has 26 heavy (non-hydrogen) atoms. The monoisotopic (exact) mass is 358 g/mol. The lowest BCUT2D eigenvalue weighted by atomic mass is 9.87. The highest BCUT2D eigenvalue weighted by molar-refractivity contribution is 5.79. The molecule has 1 saturated heterocycles. The van der Waals surface area contributed by atoms with Gasteiger partial charge in [0.15, 0.2) is 5.96 Å². The Morgan fingerprint density at radius 3 is 2.38 bits per heavy atom. The summed E-state index contributed by atoms with van der Waals surface area (Å²) in [7, 11) is 1.85. The van der Waals surface area contributed by atoms with Crippen molar-refractivity contribution in [2.45, 2.75) is 51.7 Å². The molecular formula is C21H34N4O.